The molecule has 1 heterocycles. The smallest absolute Gasteiger partial charge is 0.272 e. The van der Waals surface area contributed by atoms with Crippen molar-refractivity contribution >= 4 is 46.2 Å². The van der Waals surface area contributed by atoms with Gasteiger partial charge in [0.1, 0.15) is 0 Å². The van der Waals surface area contributed by atoms with E-state index in [0.717, 1.165) is 29.7 Å². The number of halogens is 1. The van der Waals surface area contributed by atoms with Crippen molar-refractivity contribution in [1.82, 2.24) is 10.6 Å². The Labute approximate surface area is 203 Å². The van der Waals surface area contributed by atoms with Gasteiger partial charge in [-0.2, -0.15) is 0 Å². The van der Waals surface area contributed by atoms with Gasteiger partial charge < -0.3 is 15.5 Å². The summed E-state index contributed by atoms with van der Waals surface area (Å²) < 4.78 is 0. The van der Waals surface area contributed by atoms with E-state index in [9.17, 15) is 4.79 Å². The summed E-state index contributed by atoms with van der Waals surface area (Å²) in [7, 11) is 1.75. The van der Waals surface area contributed by atoms with Crippen molar-refractivity contribution < 1.29 is 4.79 Å². The third kappa shape index (κ3) is 4.36. The van der Waals surface area contributed by atoms with Gasteiger partial charge in [0.2, 0.25) is 6.17 Å². The first-order valence-electron chi connectivity index (χ1n) is 10.8. The zero-order valence-electron chi connectivity index (χ0n) is 18.1. The van der Waals surface area contributed by atoms with E-state index in [1.54, 1.807) is 18.0 Å². The Hall–Kier alpha value is -3.22. The zero-order valence-corrected chi connectivity index (χ0v) is 19.7. The van der Waals surface area contributed by atoms with E-state index in [1.807, 2.05) is 42.5 Å². The van der Waals surface area contributed by atoms with Crippen LogP contribution in [0.25, 0.3) is 0 Å². The topological polar surface area (TPSA) is 56.7 Å². The first-order valence-corrected chi connectivity index (χ1v) is 11.6. The average molecular weight is 475 g/mol. The molecule has 1 amide bonds. The van der Waals surface area contributed by atoms with Gasteiger partial charge in [0.05, 0.1) is 11.4 Å². The summed E-state index contributed by atoms with van der Waals surface area (Å²) in [5, 5.41) is 7.53. The molecule has 2 aliphatic rings. The molecule has 0 fully saturated rings. The molecule has 166 valence electrons. The third-order valence-corrected chi connectivity index (χ3v) is 6.57. The second kappa shape index (κ2) is 8.96. The van der Waals surface area contributed by atoms with Crippen LogP contribution in [0, 0.1) is 0 Å². The van der Waals surface area contributed by atoms with Crippen LogP contribution in [0.5, 0.6) is 0 Å². The van der Waals surface area contributed by atoms with E-state index in [0.29, 0.717) is 15.8 Å². The fourth-order valence-electron chi connectivity index (χ4n) is 4.48. The van der Waals surface area contributed by atoms with Gasteiger partial charge in [-0.05, 0) is 54.4 Å². The second-order valence-electron chi connectivity index (χ2n) is 8.30. The number of carbonyl (C=O) groups excluding carboxylic acids is 1. The maximum absolute atomic E-state index is 13.4. The lowest BCUT2D eigenvalue weighted by Crippen LogP contribution is -2.51. The number of fused-ring (bicyclic) bond motifs is 2. The summed E-state index contributed by atoms with van der Waals surface area (Å²) in [4.78, 5) is 19.8. The number of hydrogen-bond donors (Lipinski definition) is 2. The summed E-state index contributed by atoms with van der Waals surface area (Å²) in [6.07, 6.45) is 0.943. The second-order valence-corrected chi connectivity index (χ2v) is 9.14. The van der Waals surface area contributed by atoms with Gasteiger partial charge in [0, 0.05) is 29.2 Å². The maximum Gasteiger partial charge on any atom is 0.272 e. The molecule has 0 bridgehead atoms. The maximum atomic E-state index is 13.4. The molecule has 0 saturated carbocycles. The highest BCUT2D eigenvalue weighted by Gasteiger charge is 2.31. The highest BCUT2D eigenvalue weighted by Crippen LogP contribution is 2.30. The van der Waals surface area contributed by atoms with Crippen molar-refractivity contribution in [3.8, 4) is 0 Å². The molecule has 5 nitrogen and oxygen atoms in total. The van der Waals surface area contributed by atoms with Crippen LogP contribution < -0.4 is 15.5 Å². The Morgan fingerprint density at radius 2 is 1.67 bits per heavy atom. The SMILES string of the molecule is CN1C(=O)C(NC(=S)NC2Cc3ccccc3C2)N=C(c2ccccc2)c2cc(Cl)ccc21. The molecule has 7 heteroatoms. The number of likely N-dealkylation sites (N-methyl/N-ethyl adjacent to an activating group) is 1. The van der Waals surface area contributed by atoms with Gasteiger partial charge in [-0.25, -0.2) is 4.99 Å². The molecule has 1 aliphatic heterocycles. The number of aliphatic imine (C=N–C) groups is 1. The lowest BCUT2D eigenvalue weighted by atomic mass is 10.0. The predicted octanol–water partition coefficient (Wildman–Crippen LogP) is 4.11. The van der Waals surface area contributed by atoms with Gasteiger partial charge in [0.25, 0.3) is 5.91 Å². The zero-order chi connectivity index (χ0) is 22.9. The van der Waals surface area contributed by atoms with Crippen LogP contribution in [0.1, 0.15) is 22.3 Å². The van der Waals surface area contributed by atoms with Crippen molar-refractivity contribution in [2.75, 3.05) is 11.9 Å². The van der Waals surface area contributed by atoms with Crippen molar-refractivity contribution in [2.45, 2.75) is 25.0 Å². The minimum Gasteiger partial charge on any atom is -0.359 e. The van der Waals surface area contributed by atoms with Gasteiger partial charge in [-0.1, -0.05) is 66.2 Å². The Morgan fingerprint density at radius 1 is 1.00 bits per heavy atom. The van der Waals surface area contributed by atoms with Crippen LogP contribution in [0.4, 0.5) is 5.69 Å². The highest BCUT2D eigenvalue weighted by molar-refractivity contribution is 7.80. The summed E-state index contributed by atoms with van der Waals surface area (Å²) in [6.45, 7) is 0. The van der Waals surface area contributed by atoms with E-state index in [2.05, 4.69) is 34.9 Å². The Bertz CT molecular complexity index is 1240. The summed E-state index contributed by atoms with van der Waals surface area (Å²) in [5.74, 6) is -0.191. The number of nitrogens with zero attached hydrogens (tertiary/aromatic N) is 2. The monoisotopic (exact) mass is 474 g/mol. The molecular formula is C26H23ClN4OS. The predicted molar refractivity (Wildman–Crippen MR) is 137 cm³/mol. The molecule has 5 rings (SSSR count). The van der Waals surface area contributed by atoms with E-state index < -0.39 is 6.17 Å². The van der Waals surface area contributed by atoms with E-state index in [4.69, 9.17) is 28.8 Å². The molecule has 3 aromatic carbocycles. The molecule has 1 aliphatic carbocycles. The first-order chi connectivity index (χ1) is 16.0. The standard InChI is InChI=1S/C26H23ClN4OS/c1-31-22-12-11-19(27)15-21(22)23(16-7-3-2-4-8-16)29-24(25(31)32)30-26(33)28-20-13-17-9-5-6-10-18(17)14-20/h2-12,15,20,24H,13-14H2,1H3,(H2,28,30,33). The molecule has 1 unspecified atom stereocenters. The van der Waals surface area contributed by atoms with Crippen LogP contribution in [0.3, 0.4) is 0 Å². The van der Waals surface area contributed by atoms with Crippen LogP contribution in [0.2, 0.25) is 5.02 Å². The van der Waals surface area contributed by atoms with E-state index in [-0.39, 0.29) is 11.9 Å². The molecule has 2 N–H and O–H groups in total. The summed E-state index contributed by atoms with van der Waals surface area (Å²) in [5.41, 5.74) is 5.82. The summed E-state index contributed by atoms with van der Waals surface area (Å²) >= 11 is 11.9. The molecule has 0 saturated heterocycles. The average Bonchev–Trinajstić information content (AvgIpc) is 3.19. The normalized spacial score (nSPS) is 17.6. The number of benzene rings is 3. The lowest BCUT2D eigenvalue weighted by Gasteiger charge is -2.23. The van der Waals surface area contributed by atoms with Gasteiger partial charge in [0.15, 0.2) is 5.11 Å². The number of rotatable bonds is 3. The number of benzodiazepines with no additional fused rings is 1. The number of hydrogen-bond acceptors (Lipinski definition) is 3. The lowest BCUT2D eigenvalue weighted by molar-refractivity contribution is -0.119. The highest BCUT2D eigenvalue weighted by atomic mass is 35.5. The minimum atomic E-state index is -0.861. The van der Waals surface area contributed by atoms with Crippen LogP contribution in [0.15, 0.2) is 77.8 Å². The van der Waals surface area contributed by atoms with Crippen LogP contribution >= 0.6 is 23.8 Å². The quantitative estimate of drug-likeness (QED) is 0.561. The first kappa shape index (κ1) is 21.6. The molecular weight excluding hydrogens is 452 g/mol. The number of nitrogens with one attached hydrogen (secondary N) is 2. The van der Waals surface area contributed by atoms with Gasteiger partial charge >= 0.3 is 0 Å². The molecule has 0 radical (unpaired) electrons. The Morgan fingerprint density at radius 3 is 2.36 bits per heavy atom. The van der Waals surface area contributed by atoms with Crippen LogP contribution in [-0.2, 0) is 17.6 Å². The van der Waals surface area contributed by atoms with Gasteiger partial charge in [-0.3, -0.25) is 4.79 Å². The Balaban J connectivity index is 1.43. The van der Waals surface area contributed by atoms with Crippen molar-refractivity contribution in [3.05, 3.63) is 100 Å². The number of carbonyl (C=O) groups is 1. The number of thiocarbonyl (C=S) groups is 1. The van der Waals surface area contributed by atoms with Crippen molar-refractivity contribution in [3.63, 3.8) is 0 Å². The van der Waals surface area contributed by atoms with Gasteiger partial charge in [-0.15, -0.1) is 0 Å². The fourth-order valence-corrected chi connectivity index (χ4v) is 4.93. The molecule has 0 spiro atoms. The van der Waals surface area contributed by atoms with E-state index >= 15 is 0 Å². The van der Waals surface area contributed by atoms with Crippen molar-refractivity contribution in [1.29, 1.82) is 0 Å². The number of anilines is 1. The minimum absolute atomic E-state index is 0.189. The molecule has 0 aromatic heterocycles. The molecule has 33 heavy (non-hydrogen) atoms. The molecule has 1 atom stereocenters. The largest absolute Gasteiger partial charge is 0.359 e. The van der Waals surface area contributed by atoms with Crippen LogP contribution in [-0.4, -0.2) is 36.0 Å². The van der Waals surface area contributed by atoms with E-state index in [1.165, 1.54) is 11.1 Å². The van der Waals surface area contributed by atoms with Crippen molar-refractivity contribution in [2.24, 2.45) is 4.99 Å². The number of amides is 1. The molecule has 3 aromatic rings. The fraction of sp³-hybridized carbons (Fsp3) is 0.192. The summed E-state index contributed by atoms with van der Waals surface area (Å²) in [6, 6.07) is 23.9. The third-order valence-electron chi connectivity index (χ3n) is 6.10. The Kier molecular flexibility index (Phi) is 5.87.